The van der Waals surface area contributed by atoms with Crippen LogP contribution in [0.25, 0.3) is 0 Å². The Balaban J connectivity index is 1.89. The molecule has 1 aliphatic rings. The maximum absolute atomic E-state index is 11.6. The molecule has 7 heteroatoms. The van der Waals surface area contributed by atoms with Crippen molar-refractivity contribution in [2.45, 2.75) is 6.92 Å². The SMILES string of the molecule is Cc1ccc(Nc2cccc(N3CCOC3=O)c2)c([N+](=O)[O-])c1. The number of carbonyl (C=O) groups is 1. The van der Waals surface area contributed by atoms with Crippen molar-refractivity contribution in [3.63, 3.8) is 0 Å². The molecule has 23 heavy (non-hydrogen) atoms. The zero-order chi connectivity index (χ0) is 16.4. The molecule has 0 aromatic heterocycles. The predicted molar refractivity (Wildman–Crippen MR) is 86.3 cm³/mol. The minimum atomic E-state index is -0.420. The number of amides is 1. The zero-order valence-electron chi connectivity index (χ0n) is 12.5. The molecule has 0 unspecified atom stereocenters. The van der Waals surface area contributed by atoms with Gasteiger partial charge >= 0.3 is 6.09 Å². The first-order valence-electron chi connectivity index (χ1n) is 7.11. The van der Waals surface area contributed by atoms with E-state index in [9.17, 15) is 14.9 Å². The summed E-state index contributed by atoms with van der Waals surface area (Å²) in [6.45, 7) is 2.66. The number of ether oxygens (including phenoxy) is 1. The van der Waals surface area contributed by atoms with E-state index >= 15 is 0 Å². The van der Waals surface area contributed by atoms with E-state index in [1.807, 2.05) is 0 Å². The van der Waals surface area contributed by atoms with E-state index in [4.69, 9.17) is 4.74 Å². The lowest BCUT2D eigenvalue weighted by Gasteiger charge is -2.14. The molecule has 1 amide bonds. The van der Waals surface area contributed by atoms with Crippen LogP contribution < -0.4 is 10.2 Å². The quantitative estimate of drug-likeness (QED) is 0.688. The Morgan fingerprint density at radius 3 is 2.78 bits per heavy atom. The van der Waals surface area contributed by atoms with Crippen molar-refractivity contribution in [3.05, 3.63) is 58.1 Å². The van der Waals surface area contributed by atoms with Gasteiger partial charge in [-0.2, -0.15) is 0 Å². The summed E-state index contributed by atoms with van der Waals surface area (Å²) in [5, 5.41) is 14.2. The molecule has 0 aliphatic carbocycles. The first-order valence-corrected chi connectivity index (χ1v) is 7.11. The van der Waals surface area contributed by atoms with Gasteiger partial charge in [-0.25, -0.2) is 4.79 Å². The molecule has 1 heterocycles. The molecule has 2 aromatic carbocycles. The van der Waals surface area contributed by atoms with Crippen LogP contribution in [0, 0.1) is 17.0 Å². The molecule has 1 fully saturated rings. The number of cyclic esters (lactones) is 1. The molecule has 1 aliphatic heterocycles. The molecule has 1 N–H and O–H groups in total. The molecule has 0 spiro atoms. The maximum atomic E-state index is 11.6. The van der Waals surface area contributed by atoms with Crippen LogP contribution in [0.15, 0.2) is 42.5 Å². The molecule has 0 atom stereocenters. The molecular formula is C16H15N3O4. The Hall–Kier alpha value is -3.09. The average Bonchev–Trinajstić information content (AvgIpc) is 2.95. The van der Waals surface area contributed by atoms with Crippen LogP contribution in [0.3, 0.4) is 0 Å². The van der Waals surface area contributed by atoms with Gasteiger partial charge in [-0.1, -0.05) is 12.1 Å². The highest BCUT2D eigenvalue weighted by Gasteiger charge is 2.23. The van der Waals surface area contributed by atoms with Gasteiger partial charge in [0.2, 0.25) is 0 Å². The number of nitro groups is 1. The second kappa shape index (κ2) is 5.96. The van der Waals surface area contributed by atoms with Crippen LogP contribution in [0.4, 0.5) is 27.5 Å². The van der Waals surface area contributed by atoms with Crippen molar-refractivity contribution >= 4 is 28.8 Å². The molecule has 118 valence electrons. The summed E-state index contributed by atoms with van der Waals surface area (Å²) < 4.78 is 4.92. The first-order chi connectivity index (χ1) is 11.0. The highest BCUT2D eigenvalue weighted by atomic mass is 16.6. The van der Waals surface area contributed by atoms with Gasteiger partial charge in [-0.15, -0.1) is 0 Å². The lowest BCUT2D eigenvalue weighted by Crippen LogP contribution is -2.23. The monoisotopic (exact) mass is 313 g/mol. The molecule has 0 radical (unpaired) electrons. The van der Waals surface area contributed by atoms with Crippen LogP contribution in [-0.2, 0) is 4.74 Å². The fraction of sp³-hybridized carbons (Fsp3) is 0.188. The smallest absolute Gasteiger partial charge is 0.414 e. The molecule has 0 saturated carbocycles. The average molecular weight is 313 g/mol. The van der Waals surface area contributed by atoms with E-state index in [0.29, 0.717) is 30.2 Å². The van der Waals surface area contributed by atoms with Gasteiger partial charge in [0.1, 0.15) is 12.3 Å². The van der Waals surface area contributed by atoms with Crippen molar-refractivity contribution in [1.82, 2.24) is 0 Å². The largest absolute Gasteiger partial charge is 0.447 e. The second-order valence-electron chi connectivity index (χ2n) is 5.22. The van der Waals surface area contributed by atoms with Crippen molar-refractivity contribution in [3.8, 4) is 0 Å². The summed E-state index contributed by atoms with van der Waals surface area (Å²) in [4.78, 5) is 23.9. The lowest BCUT2D eigenvalue weighted by molar-refractivity contribution is -0.384. The summed E-state index contributed by atoms with van der Waals surface area (Å²) in [5.74, 6) is 0. The van der Waals surface area contributed by atoms with Gasteiger partial charge in [0.25, 0.3) is 5.69 Å². The third-order valence-electron chi connectivity index (χ3n) is 3.55. The number of benzene rings is 2. The van der Waals surface area contributed by atoms with Crippen molar-refractivity contribution in [1.29, 1.82) is 0 Å². The van der Waals surface area contributed by atoms with Gasteiger partial charge in [0.15, 0.2) is 0 Å². The van der Waals surface area contributed by atoms with Crippen molar-refractivity contribution in [2.24, 2.45) is 0 Å². The van der Waals surface area contributed by atoms with Crippen molar-refractivity contribution in [2.75, 3.05) is 23.4 Å². The summed E-state index contributed by atoms with van der Waals surface area (Å²) in [6, 6.07) is 12.1. The van der Waals surface area contributed by atoms with E-state index in [2.05, 4.69) is 5.32 Å². The zero-order valence-corrected chi connectivity index (χ0v) is 12.5. The number of nitro benzene ring substituents is 1. The van der Waals surface area contributed by atoms with Crippen LogP contribution in [0.1, 0.15) is 5.56 Å². The number of nitrogens with zero attached hydrogens (tertiary/aromatic N) is 2. The molecule has 1 saturated heterocycles. The number of carbonyl (C=O) groups excluding carboxylic acids is 1. The number of hydrogen-bond acceptors (Lipinski definition) is 5. The Morgan fingerprint density at radius 1 is 1.26 bits per heavy atom. The van der Waals surface area contributed by atoms with E-state index in [-0.39, 0.29) is 11.8 Å². The fourth-order valence-corrected chi connectivity index (χ4v) is 2.43. The Bertz CT molecular complexity index is 776. The molecule has 2 aromatic rings. The fourth-order valence-electron chi connectivity index (χ4n) is 2.43. The molecule has 0 bridgehead atoms. The highest BCUT2D eigenvalue weighted by molar-refractivity contribution is 5.90. The standard InChI is InChI=1S/C16H15N3O4/c1-11-5-6-14(15(9-11)19(21)22)17-12-3-2-4-13(10-12)18-7-8-23-16(18)20/h2-6,9-10,17H,7-8H2,1H3. The van der Waals surface area contributed by atoms with Crippen LogP contribution >= 0.6 is 0 Å². The van der Waals surface area contributed by atoms with Gasteiger partial charge in [0, 0.05) is 17.4 Å². The van der Waals surface area contributed by atoms with Crippen molar-refractivity contribution < 1.29 is 14.5 Å². The number of rotatable bonds is 4. The van der Waals surface area contributed by atoms with Gasteiger partial charge in [-0.05, 0) is 36.8 Å². The summed E-state index contributed by atoms with van der Waals surface area (Å²) in [5.41, 5.74) is 2.58. The van der Waals surface area contributed by atoms with E-state index in [1.54, 1.807) is 43.3 Å². The summed E-state index contributed by atoms with van der Waals surface area (Å²) in [6.07, 6.45) is -0.386. The number of anilines is 3. The Labute approximate surface area is 132 Å². The highest BCUT2D eigenvalue weighted by Crippen LogP contribution is 2.30. The van der Waals surface area contributed by atoms with Crippen LogP contribution in [-0.4, -0.2) is 24.2 Å². The summed E-state index contributed by atoms with van der Waals surface area (Å²) >= 11 is 0. The van der Waals surface area contributed by atoms with E-state index in [1.165, 1.54) is 11.0 Å². The minimum Gasteiger partial charge on any atom is -0.447 e. The number of hydrogen-bond donors (Lipinski definition) is 1. The third kappa shape index (κ3) is 3.08. The summed E-state index contributed by atoms with van der Waals surface area (Å²) in [7, 11) is 0. The van der Waals surface area contributed by atoms with E-state index in [0.717, 1.165) is 5.56 Å². The second-order valence-corrected chi connectivity index (χ2v) is 5.22. The normalized spacial score (nSPS) is 13.8. The van der Waals surface area contributed by atoms with E-state index < -0.39 is 4.92 Å². The lowest BCUT2D eigenvalue weighted by atomic mass is 10.2. The number of aryl methyl sites for hydroxylation is 1. The Morgan fingerprint density at radius 2 is 2.09 bits per heavy atom. The molecule has 7 nitrogen and oxygen atoms in total. The first kappa shape index (κ1) is 14.8. The van der Waals surface area contributed by atoms with Crippen LogP contribution in [0.5, 0.6) is 0 Å². The number of nitrogens with one attached hydrogen (secondary N) is 1. The van der Waals surface area contributed by atoms with Gasteiger partial charge in [0.05, 0.1) is 11.5 Å². The predicted octanol–water partition coefficient (Wildman–Crippen LogP) is 3.60. The minimum absolute atomic E-state index is 0.0102. The topological polar surface area (TPSA) is 84.7 Å². The molecular weight excluding hydrogens is 298 g/mol. The third-order valence-corrected chi connectivity index (χ3v) is 3.55. The van der Waals surface area contributed by atoms with Crippen LogP contribution in [0.2, 0.25) is 0 Å². The maximum Gasteiger partial charge on any atom is 0.414 e. The van der Waals surface area contributed by atoms with Gasteiger partial charge in [-0.3, -0.25) is 15.0 Å². The van der Waals surface area contributed by atoms with Gasteiger partial charge < -0.3 is 10.1 Å². The molecule has 3 rings (SSSR count). The Kier molecular flexibility index (Phi) is 3.84.